The third kappa shape index (κ3) is 4.10. The highest BCUT2D eigenvalue weighted by molar-refractivity contribution is 9.10. The zero-order valence-electron chi connectivity index (χ0n) is 11.5. The van der Waals surface area contributed by atoms with Gasteiger partial charge in [0.2, 0.25) is 0 Å². The van der Waals surface area contributed by atoms with Gasteiger partial charge in [0.25, 0.3) is 10.0 Å². The maximum atomic E-state index is 12.3. The van der Waals surface area contributed by atoms with Crippen LogP contribution < -0.4 is 10.5 Å². The Morgan fingerprint density at radius 1 is 1.24 bits per heavy atom. The summed E-state index contributed by atoms with van der Waals surface area (Å²) >= 11 is 3.35. The fraction of sp³-hybridized carbons (Fsp3) is 0.214. The summed E-state index contributed by atoms with van der Waals surface area (Å²) in [5.74, 6) is 0. The lowest BCUT2D eigenvalue weighted by Gasteiger charge is -2.14. The van der Waals surface area contributed by atoms with Crippen LogP contribution in [0.2, 0.25) is 0 Å². The average molecular weight is 370 g/mol. The molecule has 112 valence electrons. The van der Waals surface area contributed by atoms with Gasteiger partial charge < -0.3 is 5.73 Å². The van der Waals surface area contributed by atoms with E-state index in [1.54, 1.807) is 13.0 Å². The minimum Gasteiger partial charge on any atom is -0.326 e. The third-order valence-corrected chi connectivity index (χ3v) is 5.00. The maximum absolute atomic E-state index is 12.3. The number of nitrogens with zero attached hydrogens (tertiary/aromatic N) is 1. The molecule has 5 nitrogen and oxygen atoms in total. The second-order valence-electron chi connectivity index (χ2n) is 4.60. The fourth-order valence-electron chi connectivity index (χ4n) is 1.80. The Balaban J connectivity index is 2.17. The molecule has 0 spiro atoms. The number of sulfonamides is 1. The van der Waals surface area contributed by atoms with Crippen LogP contribution in [-0.2, 0) is 16.6 Å². The molecule has 1 unspecified atom stereocenters. The highest BCUT2D eigenvalue weighted by Gasteiger charge is 2.19. The Morgan fingerprint density at radius 2 is 1.90 bits per heavy atom. The lowest BCUT2D eigenvalue weighted by Crippen LogP contribution is -2.27. The first-order valence-corrected chi connectivity index (χ1v) is 8.63. The van der Waals surface area contributed by atoms with E-state index in [0.717, 1.165) is 15.6 Å². The minimum absolute atomic E-state index is 0.0105. The average Bonchev–Trinajstić information content (AvgIpc) is 2.47. The van der Waals surface area contributed by atoms with E-state index in [0.29, 0.717) is 6.54 Å². The van der Waals surface area contributed by atoms with Crippen molar-refractivity contribution in [2.24, 2.45) is 5.73 Å². The lowest BCUT2D eigenvalue weighted by molar-refractivity contribution is 0.563. The van der Waals surface area contributed by atoms with Gasteiger partial charge in [-0.05, 0) is 36.2 Å². The van der Waals surface area contributed by atoms with Crippen LogP contribution in [0.4, 0.5) is 0 Å². The Hall–Kier alpha value is -1.28. The van der Waals surface area contributed by atoms with Crippen LogP contribution in [0, 0.1) is 0 Å². The molecule has 0 saturated heterocycles. The topological polar surface area (TPSA) is 85.1 Å². The summed E-state index contributed by atoms with van der Waals surface area (Å²) in [5.41, 5.74) is 7.13. The molecule has 2 rings (SSSR count). The number of benzene rings is 1. The molecule has 2 aromatic rings. The largest absolute Gasteiger partial charge is 0.326 e. The van der Waals surface area contributed by atoms with Crippen molar-refractivity contribution < 1.29 is 8.42 Å². The fourth-order valence-corrected chi connectivity index (χ4v) is 3.23. The summed E-state index contributed by atoms with van der Waals surface area (Å²) in [7, 11) is -3.66. The number of pyridine rings is 1. The van der Waals surface area contributed by atoms with Crippen LogP contribution in [0.25, 0.3) is 0 Å². The quantitative estimate of drug-likeness (QED) is 0.846. The Morgan fingerprint density at radius 3 is 2.43 bits per heavy atom. The van der Waals surface area contributed by atoms with E-state index in [2.05, 4.69) is 25.6 Å². The molecule has 3 N–H and O–H groups in total. The first kappa shape index (κ1) is 16.1. The molecule has 0 aliphatic rings. The van der Waals surface area contributed by atoms with Gasteiger partial charge in [0.15, 0.2) is 5.03 Å². The van der Waals surface area contributed by atoms with Crippen LogP contribution >= 0.6 is 15.9 Å². The summed E-state index contributed by atoms with van der Waals surface area (Å²) in [4.78, 5) is 3.94. The second kappa shape index (κ2) is 6.65. The second-order valence-corrected chi connectivity index (χ2v) is 7.18. The number of nitrogens with one attached hydrogen (secondary N) is 1. The van der Waals surface area contributed by atoms with Gasteiger partial charge in [-0.3, -0.25) is 0 Å². The van der Waals surface area contributed by atoms with Gasteiger partial charge in [-0.1, -0.05) is 34.1 Å². The van der Waals surface area contributed by atoms with Crippen LogP contribution in [0.1, 0.15) is 24.1 Å². The van der Waals surface area contributed by atoms with Crippen LogP contribution in [0.15, 0.2) is 52.1 Å². The first-order valence-electron chi connectivity index (χ1n) is 6.35. The Labute approximate surface area is 132 Å². The van der Waals surface area contributed by atoms with Gasteiger partial charge in [0, 0.05) is 23.3 Å². The molecule has 1 aromatic carbocycles. The summed E-state index contributed by atoms with van der Waals surface area (Å²) in [6, 6.07) is 10.2. The molecule has 1 atom stereocenters. The van der Waals surface area contributed by atoms with Crippen molar-refractivity contribution in [1.29, 1.82) is 0 Å². The minimum atomic E-state index is -3.66. The monoisotopic (exact) mass is 369 g/mol. The van der Waals surface area contributed by atoms with Crippen molar-refractivity contribution >= 4 is 26.0 Å². The molecule has 1 heterocycles. The summed E-state index contributed by atoms with van der Waals surface area (Å²) in [6.45, 7) is 2.12. The lowest BCUT2D eigenvalue weighted by atomic mass is 10.1. The summed E-state index contributed by atoms with van der Waals surface area (Å²) < 4.78 is 28.1. The van der Waals surface area contributed by atoms with Gasteiger partial charge in [0.05, 0.1) is 0 Å². The van der Waals surface area contributed by atoms with E-state index in [-0.39, 0.29) is 11.1 Å². The van der Waals surface area contributed by atoms with E-state index >= 15 is 0 Å². The third-order valence-electron chi connectivity index (χ3n) is 3.01. The smallest absolute Gasteiger partial charge is 0.258 e. The van der Waals surface area contributed by atoms with E-state index in [1.807, 2.05) is 24.3 Å². The van der Waals surface area contributed by atoms with E-state index in [4.69, 9.17) is 5.73 Å². The van der Waals surface area contributed by atoms with Gasteiger partial charge >= 0.3 is 0 Å². The molecule has 0 saturated carbocycles. The number of aromatic nitrogens is 1. The van der Waals surface area contributed by atoms with Crippen LogP contribution in [0.3, 0.4) is 0 Å². The van der Waals surface area contributed by atoms with Gasteiger partial charge in [-0.25, -0.2) is 18.1 Å². The standard InChI is InChI=1S/C14H16BrN3O2S/c1-10(12-3-5-13(15)6-4-12)18-21(19,20)14-7-2-11(8-16)9-17-14/h2-7,9-10,18H,8,16H2,1H3. The van der Waals surface area contributed by atoms with Crippen molar-refractivity contribution in [3.63, 3.8) is 0 Å². The van der Waals surface area contributed by atoms with Gasteiger partial charge in [-0.2, -0.15) is 0 Å². The normalized spacial score (nSPS) is 13.1. The number of nitrogens with two attached hydrogens (primary N) is 1. The molecule has 1 aromatic heterocycles. The van der Waals surface area contributed by atoms with Gasteiger partial charge in [0.1, 0.15) is 0 Å². The van der Waals surface area contributed by atoms with Crippen LogP contribution in [0.5, 0.6) is 0 Å². The predicted octanol–water partition coefficient (Wildman–Crippen LogP) is 2.34. The van der Waals surface area contributed by atoms with E-state index in [1.165, 1.54) is 12.3 Å². The highest BCUT2D eigenvalue weighted by Crippen LogP contribution is 2.18. The Kier molecular flexibility index (Phi) is 5.10. The molecule has 0 aliphatic heterocycles. The molecule has 0 radical (unpaired) electrons. The summed E-state index contributed by atoms with van der Waals surface area (Å²) in [5, 5.41) is -0.0105. The van der Waals surface area contributed by atoms with Crippen molar-refractivity contribution in [2.45, 2.75) is 24.5 Å². The molecule has 0 bridgehead atoms. The Bertz CT molecular complexity index is 700. The zero-order chi connectivity index (χ0) is 15.5. The maximum Gasteiger partial charge on any atom is 0.258 e. The molecule has 0 aliphatic carbocycles. The van der Waals surface area contributed by atoms with Crippen molar-refractivity contribution in [1.82, 2.24) is 9.71 Å². The molecular weight excluding hydrogens is 354 g/mol. The molecule has 7 heteroatoms. The van der Waals surface area contributed by atoms with E-state index in [9.17, 15) is 8.42 Å². The number of hydrogen-bond acceptors (Lipinski definition) is 4. The van der Waals surface area contributed by atoms with Crippen molar-refractivity contribution in [2.75, 3.05) is 0 Å². The zero-order valence-corrected chi connectivity index (χ0v) is 13.9. The SMILES string of the molecule is CC(NS(=O)(=O)c1ccc(CN)cn1)c1ccc(Br)cc1. The number of rotatable bonds is 5. The summed E-state index contributed by atoms with van der Waals surface area (Å²) in [6.07, 6.45) is 1.47. The molecule has 0 fully saturated rings. The molecule has 0 amide bonds. The number of halogens is 1. The first-order chi connectivity index (χ1) is 9.92. The van der Waals surface area contributed by atoms with Gasteiger partial charge in [-0.15, -0.1) is 0 Å². The highest BCUT2D eigenvalue weighted by atomic mass is 79.9. The van der Waals surface area contributed by atoms with E-state index < -0.39 is 10.0 Å². The molecular formula is C14H16BrN3O2S. The predicted molar refractivity (Wildman–Crippen MR) is 85.0 cm³/mol. The van der Waals surface area contributed by atoms with Crippen molar-refractivity contribution in [3.8, 4) is 0 Å². The number of hydrogen-bond donors (Lipinski definition) is 2. The van der Waals surface area contributed by atoms with Crippen molar-refractivity contribution in [3.05, 3.63) is 58.2 Å². The van der Waals surface area contributed by atoms with Crippen LogP contribution in [-0.4, -0.2) is 13.4 Å². The molecule has 21 heavy (non-hydrogen) atoms.